The zero-order valence-corrected chi connectivity index (χ0v) is 18.1. The van der Waals surface area contributed by atoms with Crippen LogP contribution in [0.1, 0.15) is 42.6 Å². The third-order valence-electron chi connectivity index (χ3n) is 6.65. The van der Waals surface area contributed by atoms with E-state index in [1.807, 2.05) is 12.4 Å². The van der Waals surface area contributed by atoms with Crippen LogP contribution < -0.4 is 0 Å². The minimum absolute atomic E-state index is 0.399. The average molecular weight is 397 g/mol. The predicted molar refractivity (Wildman–Crippen MR) is 117 cm³/mol. The van der Waals surface area contributed by atoms with Crippen molar-refractivity contribution in [1.82, 2.24) is 19.4 Å². The highest BCUT2D eigenvalue weighted by Crippen LogP contribution is 2.23. The normalized spacial score (nSPS) is 21.3. The molecule has 1 atom stereocenters. The van der Waals surface area contributed by atoms with Gasteiger partial charge in [-0.3, -0.25) is 9.80 Å². The monoisotopic (exact) mass is 396 g/mol. The lowest BCUT2D eigenvalue weighted by molar-refractivity contribution is 0.0557. The number of nitrogens with zero attached hydrogens (tertiary/aromatic N) is 4. The second-order valence-corrected chi connectivity index (χ2v) is 8.93. The Kier molecular flexibility index (Phi) is 7.01. The first-order chi connectivity index (χ1) is 14.2. The Morgan fingerprint density at radius 1 is 1.14 bits per heavy atom. The van der Waals surface area contributed by atoms with Gasteiger partial charge >= 0.3 is 0 Å². The summed E-state index contributed by atoms with van der Waals surface area (Å²) in [5.74, 6) is 1.92. The molecule has 0 radical (unpaired) electrons. The summed E-state index contributed by atoms with van der Waals surface area (Å²) in [7, 11) is 2.09. The summed E-state index contributed by atoms with van der Waals surface area (Å²) in [4.78, 5) is 9.79. The molecule has 2 aliphatic heterocycles. The smallest absolute Gasteiger partial charge is 0.122 e. The molecule has 1 aromatic heterocycles. The summed E-state index contributed by atoms with van der Waals surface area (Å²) in [5.41, 5.74) is 2.88. The van der Waals surface area contributed by atoms with Crippen molar-refractivity contribution in [2.75, 3.05) is 32.8 Å². The standard InChI is InChI=1S/C24H36N4O/c1-20-6-3-4-7-22(20)17-27-12-9-21(10-13-27)16-28(18-23-8-5-15-29-23)19-24-25-11-14-26(24)2/h3-4,6-7,11,14,21,23H,5,8-10,12-13,15-19H2,1-2H3/t23-/m1/s1. The van der Waals surface area contributed by atoms with E-state index in [0.717, 1.165) is 44.5 Å². The second-order valence-electron chi connectivity index (χ2n) is 8.93. The summed E-state index contributed by atoms with van der Waals surface area (Å²) in [6.45, 7) is 9.77. The number of aryl methyl sites for hydroxylation is 2. The van der Waals surface area contributed by atoms with E-state index in [1.54, 1.807) is 0 Å². The summed E-state index contributed by atoms with van der Waals surface area (Å²) in [6.07, 6.45) is 9.33. The molecule has 0 saturated carbocycles. The van der Waals surface area contributed by atoms with E-state index < -0.39 is 0 Å². The molecule has 0 amide bonds. The second kappa shape index (κ2) is 9.88. The third kappa shape index (κ3) is 5.68. The van der Waals surface area contributed by atoms with Gasteiger partial charge in [0.05, 0.1) is 12.6 Å². The predicted octanol–water partition coefficient (Wildman–Crippen LogP) is 3.62. The van der Waals surface area contributed by atoms with Gasteiger partial charge in [0, 0.05) is 45.7 Å². The van der Waals surface area contributed by atoms with Crippen LogP contribution in [-0.4, -0.2) is 58.2 Å². The number of likely N-dealkylation sites (tertiary alicyclic amines) is 1. The van der Waals surface area contributed by atoms with Crippen molar-refractivity contribution >= 4 is 0 Å². The lowest BCUT2D eigenvalue weighted by Gasteiger charge is -2.35. The van der Waals surface area contributed by atoms with Gasteiger partial charge in [0.15, 0.2) is 0 Å². The topological polar surface area (TPSA) is 33.5 Å². The third-order valence-corrected chi connectivity index (χ3v) is 6.65. The van der Waals surface area contributed by atoms with Crippen molar-refractivity contribution in [1.29, 1.82) is 0 Å². The van der Waals surface area contributed by atoms with Crippen molar-refractivity contribution in [3.8, 4) is 0 Å². The fraction of sp³-hybridized carbons (Fsp3) is 0.625. The molecule has 2 aromatic rings. The SMILES string of the molecule is Cc1ccccc1CN1CCC(CN(Cc2nccn2C)C[C@H]2CCCO2)CC1. The molecule has 2 aliphatic rings. The van der Waals surface area contributed by atoms with Crippen LogP contribution in [0.15, 0.2) is 36.7 Å². The van der Waals surface area contributed by atoms with E-state index in [0.29, 0.717) is 6.10 Å². The lowest BCUT2D eigenvalue weighted by atomic mass is 9.95. The Morgan fingerprint density at radius 2 is 1.97 bits per heavy atom. The van der Waals surface area contributed by atoms with Crippen LogP contribution in [-0.2, 0) is 24.9 Å². The minimum Gasteiger partial charge on any atom is -0.377 e. The first kappa shape index (κ1) is 20.6. The van der Waals surface area contributed by atoms with Crippen LogP contribution in [0.25, 0.3) is 0 Å². The van der Waals surface area contributed by atoms with Gasteiger partial charge < -0.3 is 9.30 Å². The molecule has 2 fully saturated rings. The van der Waals surface area contributed by atoms with Gasteiger partial charge in [0.2, 0.25) is 0 Å². The molecule has 0 spiro atoms. The number of hydrogen-bond acceptors (Lipinski definition) is 4. The van der Waals surface area contributed by atoms with Crippen LogP contribution in [0.4, 0.5) is 0 Å². The summed E-state index contributed by atoms with van der Waals surface area (Å²) < 4.78 is 8.09. The van der Waals surface area contributed by atoms with Crippen LogP contribution in [0, 0.1) is 12.8 Å². The Balaban J connectivity index is 1.30. The van der Waals surface area contributed by atoms with Crippen LogP contribution in [0.3, 0.4) is 0 Å². The van der Waals surface area contributed by atoms with Crippen molar-refractivity contribution in [3.05, 3.63) is 53.6 Å². The van der Waals surface area contributed by atoms with Gasteiger partial charge in [0.1, 0.15) is 5.82 Å². The molecular weight excluding hydrogens is 360 g/mol. The fourth-order valence-electron chi connectivity index (χ4n) is 4.75. The molecule has 5 nitrogen and oxygen atoms in total. The Bertz CT molecular complexity index is 760. The molecule has 29 heavy (non-hydrogen) atoms. The first-order valence-electron chi connectivity index (χ1n) is 11.2. The van der Waals surface area contributed by atoms with Gasteiger partial charge in [-0.05, 0) is 62.7 Å². The first-order valence-corrected chi connectivity index (χ1v) is 11.2. The van der Waals surface area contributed by atoms with E-state index in [-0.39, 0.29) is 0 Å². The molecule has 0 bridgehead atoms. The van der Waals surface area contributed by atoms with Crippen molar-refractivity contribution < 1.29 is 4.74 Å². The van der Waals surface area contributed by atoms with Gasteiger partial charge in [-0.15, -0.1) is 0 Å². The van der Waals surface area contributed by atoms with Crippen molar-refractivity contribution in [2.45, 2.75) is 51.8 Å². The van der Waals surface area contributed by atoms with E-state index in [4.69, 9.17) is 4.74 Å². The molecule has 4 rings (SSSR count). The van der Waals surface area contributed by atoms with E-state index in [2.05, 4.69) is 57.6 Å². The minimum atomic E-state index is 0.399. The average Bonchev–Trinajstić information content (AvgIpc) is 3.37. The highest BCUT2D eigenvalue weighted by Gasteiger charge is 2.25. The fourth-order valence-corrected chi connectivity index (χ4v) is 4.75. The maximum absolute atomic E-state index is 5.94. The number of ether oxygens (including phenoxy) is 1. The number of benzene rings is 1. The van der Waals surface area contributed by atoms with E-state index >= 15 is 0 Å². The molecule has 2 saturated heterocycles. The van der Waals surface area contributed by atoms with Crippen molar-refractivity contribution in [3.63, 3.8) is 0 Å². The van der Waals surface area contributed by atoms with Gasteiger partial charge in [0.25, 0.3) is 0 Å². The number of piperidine rings is 1. The highest BCUT2D eigenvalue weighted by atomic mass is 16.5. The molecule has 5 heteroatoms. The molecular formula is C24H36N4O. The van der Waals surface area contributed by atoms with Crippen LogP contribution in [0.5, 0.6) is 0 Å². The zero-order valence-electron chi connectivity index (χ0n) is 18.1. The van der Waals surface area contributed by atoms with Crippen molar-refractivity contribution in [2.24, 2.45) is 13.0 Å². The molecule has 1 aromatic carbocycles. The Morgan fingerprint density at radius 3 is 2.66 bits per heavy atom. The maximum Gasteiger partial charge on any atom is 0.122 e. The van der Waals surface area contributed by atoms with Crippen LogP contribution >= 0.6 is 0 Å². The van der Waals surface area contributed by atoms with E-state index in [1.165, 1.54) is 49.9 Å². The van der Waals surface area contributed by atoms with Crippen LogP contribution in [0.2, 0.25) is 0 Å². The highest BCUT2D eigenvalue weighted by molar-refractivity contribution is 5.25. The number of aromatic nitrogens is 2. The van der Waals surface area contributed by atoms with E-state index in [9.17, 15) is 0 Å². The maximum atomic E-state index is 5.94. The van der Waals surface area contributed by atoms with Gasteiger partial charge in [-0.2, -0.15) is 0 Å². The largest absolute Gasteiger partial charge is 0.377 e. The molecule has 0 N–H and O–H groups in total. The van der Waals surface area contributed by atoms with Gasteiger partial charge in [-0.25, -0.2) is 4.98 Å². The molecule has 0 unspecified atom stereocenters. The summed E-state index contributed by atoms with van der Waals surface area (Å²) >= 11 is 0. The number of hydrogen-bond donors (Lipinski definition) is 0. The molecule has 3 heterocycles. The Labute approximate surface area is 175 Å². The lowest BCUT2D eigenvalue weighted by Crippen LogP contribution is -2.41. The summed E-state index contributed by atoms with van der Waals surface area (Å²) in [6, 6.07) is 8.80. The van der Waals surface area contributed by atoms with Gasteiger partial charge in [-0.1, -0.05) is 24.3 Å². The zero-order chi connectivity index (χ0) is 20.1. The molecule has 158 valence electrons. The molecule has 0 aliphatic carbocycles. The quantitative estimate of drug-likeness (QED) is 0.682. The number of rotatable bonds is 8. The Hall–Kier alpha value is -1.69. The summed E-state index contributed by atoms with van der Waals surface area (Å²) in [5, 5.41) is 0. The number of imidazole rings is 1.